The lowest BCUT2D eigenvalue weighted by atomic mass is 10.0. The molecule has 0 spiro atoms. The van der Waals surface area contributed by atoms with Gasteiger partial charge in [-0.25, -0.2) is 0 Å². The highest BCUT2D eigenvalue weighted by Gasteiger charge is 2.17. The highest BCUT2D eigenvalue weighted by Crippen LogP contribution is 2.23. The Morgan fingerprint density at radius 2 is 1.85 bits per heavy atom. The summed E-state index contributed by atoms with van der Waals surface area (Å²) in [5.41, 5.74) is 2.21. The minimum atomic E-state index is -3.39. The lowest BCUT2D eigenvalue weighted by Gasteiger charge is -2.23. The average Bonchev–Trinajstić information content (AvgIpc) is 2.30. The molecule has 5 heteroatoms. The van der Waals surface area contributed by atoms with Gasteiger partial charge >= 0.3 is 0 Å². The molecule has 0 aromatic heterocycles. The molecular weight excluding hydrogens is 276 g/mol. The van der Waals surface area contributed by atoms with Crippen molar-refractivity contribution >= 4 is 10.1 Å². The molecule has 0 saturated carbocycles. The number of aryl methyl sites for hydroxylation is 2. The lowest BCUT2D eigenvalue weighted by molar-refractivity contribution is 0.121. The standard InChI is InChI=1S/C15H24O4S/c1-11(2)14(8-9-18-20(5,16)17)19-15-10-12(3)6-7-13(15)4/h6-7,10-11,14H,8-9H2,1-5H3. The minimum absolute atomic E-state index is 0.0720. The largest absolute Gasteiger partial charge is 0.490 e. The van der Waals surface area contributed by atoms with Crippen molar-refractivity contribution < 1.29 is 17.3 Å². The van der Waals surface area contributed by atoms with Gasteiger partial charge in [0, 0.05) is 6.42 Å². The number of hydrogen-bond acceptors (Lipinski definition) is 4. The predicted octanol–water partition coefficient (Wildman–Crippen LogP) is 3.07. The summed E-state index contributed by atoms with van der Waals surface area (Å²) in [6.07, 6.45) is 1.53. The molecule has 0 aliphatic rings. The van der Waals surface area contributed by atoms with E-state index in [-0.39, 0.29) is 18.6 Å². The van der Waals surface area contributed by atoms with E-state index in [1.54, 1.807) is 0 Å². The van der Waals surface area contributed by atoms with Crippen LogP contribution in [0.3, 0.4) is 0 Å². The Hall–Kier alpha value is -1.07. The molecule has 20 heavy (non-hydrogen) atoms. The molecule has 0 aliphatic heterocycles. The molecular formula is C15H24O4S. The van der Waals surface area contributed by atoms with E-state index < -0.39 is 10.1 Å². The topological polar surface area (TPSA) is 52.6 Å². The van der Waals surface area contributed by atoms with E-state index in [2.05, 4.69) is 13.8 Å². The molecule has 0 fully saturated rings. The van der Waals surface area contributed by atoms with Gasteiger partial charge in [-0.3, -0.25) is 4.18 Å². The normalized spacial score (nSPS) is 13.5. The second-order valence-corrected chi connectivity index (χ2v) is 7.13. The van der Waals surface area contributed by atoms with Crippen LogP contribution in [0.2, 0.25) is 0 Å². The lowest BCUT2D eigenvalue weighted by Crippen LogP contribution is -2.26. The summed E-state index contributed by atoms with van der Waals surface area (Å²) >= 11 is 0. The Kier molecular flexibility index (Phi) is 6.02. The Balaban J connectivity index is 2.70. The molecule has 0 N–H and O–H groups in total. The van der Waals surface area contributed by atoms with Gasteiger partial charge in [0.05, 0.1) is 12.9 Å². The fraction of sp³-hybridized carbons (Fsp3) is 0.600. The maximum Gasteiger partial charge on any atom is 0.264 e. The predicted molar refractivity (Wildman–Crippen MR) is 80.6 cm³/mol. The van der Waals surface area contributed by atoms with Gasteiger partial charge in [0.2, 0.25) is 0 Å². The zero-order valence-electron chi connectivity index (χ0n) is 12.8. The zero-order valence-corrected chi connectivity index (χ0v) is 13.7. The van der Waals surface area contributed by atoms with E-state index in [9.17, 15) is 8.42 Å². The number of hydrogen-bond donors (Lipinski definition) is 0. The van der Waals surface area contributed by atoms with E-state index in [0.717, 1.165) is 23.1 Å². The summed E-state index contributed by atoms with van der Waals surface area (Å²) in [4.78, 5) is 0. The molecule has 0 aliphatic carbocycles. The molecule has 0 heterocycles. The van der Waals surface area contributed by atoms with Gasteiger partial charge in [-0.15, -0.1) is 0 Å². The van der Waals surface area contributed by atoms with E-state index in [1.165, 1.54) is 0 Å². The molecule has 114 valence electrons. The highest BCUT2D eigenvalue weighted by molar-refractivity contribution is 7.85. The van der Waals surface area contributed by atoms with E-state index in [4.69, 9.17) is 8.92 Å². The minimum Gasteiger partial charge on any atom is -0.490 e. The van der Waals surface area contributed by atoms with Crippen molar-refractivity contribution in [1.29, 1.82) is 0 Å². The summed E-state index contributed by atoms with van der Waals surface area (Å²) in [5.74, 6) is 1.13. The molecule has 0 radical (unpaired) electrons. The molecule has 0 saturated heterocycles. The Bertz CT molecular complexity index is 535. The zero-order chi connectivity index (χ0) is 15.3. The first-order chi connectivity index (χ1) is 9.19. The van der Waals surface area contributed by atoms with Crippen molar-refractivity contribution in [2.45, 2.75) is 40.2 Å². The van der Waals surface area contributed by atoms with Gasteiger partial charge in [0.1, 0.15) is 11.9 Å². The van der Waals surface area contributed by atoms with Crippen molar-refractivity contribution in [2.75, 3.05) is 12.9 Å². The summed E-state index contributed by atoms with van der Waals surface area (Å²) in [6.45, 7) is 8.27. The Labute approximate surface area is 122 Å². The maximum atomic E-state index is 11.0. The second kappa shape index (κ2) is 7.09. The molecule has 1 aromatic carbocycles. The van der Waals surface area contributed by atoms with Gasteiger partial charge in [-0.05, 0) is 37.0 Å². The molecule has 0 bridgehead atoms. The Morgan fingerprint density at radius 3 is 2.40 bits per heavy atom. The molecule has 1 rings (SSSR count). The third-order valence-corrected chi connectivity index (χ3v) is 3.66. The first-order valence-corrected chi connectivity index (χ1v) is 8.59. The summed E-state index contributed by atoms with van der Waals surface area (Å²) in [7, 11) is -3.39. The van der Waals surface area contributed by atoms with Crippen LogP contribution in [-0.2, 0) is 14.3 Å². The molecule has 4 nitrogen and oxygen atoms in total. The van der Waals surface area contributed by atoms with Crippen LogP contribution in [0.4, 0.5) is 0 Å². The summed E-state index contributed by atoms with van der Waals surface area (Å²) < 4.78 is 32.8. The van der Waals surface area contributed by atoms with Crippen LogP contribution in [0, 0.1) is 19.8 Å². The quantitative estimate of drug-likeness (QED) is 0.726. The monoisotopic (exact) mass is 300 g/mol. The smallest absolute Gasteiger partial charge is 0.264 e. The summed E-state index contributed by atoms with van der Waals surface area (Å²) in [6, 6.07) is 6.07. The van der Waals surface area contributed by atoms with Crippen LogP contribution >= 0.6 is 0 Å². The van der Waals surface area contributed by atoms with Gasteiger partial charge in [0.25, 0.3) is 10.1 Å². The van der Waals surface area contributed by atoms with Crippen LogP contribution in [0.15, 0.2) is 18.2 Å². The summed E-state index contributed by atoms with van der Waals surface area (Å²) in [5, 5.41) is 0. The maximum absolute atomic E-state index is 11.0. The second-order valence-electron chi connectivity index (χ2n) is 5.48. The first kappa shape index (κ1) is 17.0. The van der Waals surface area contributed by atoms with Crippen molar-refractivity contribution in [3.8, 4) is 5.75 Å². The van der Waals surface area contributed by atoms with Crippen LogP contribution in [0.5, 0.6) is 5.75 Å². The Morgan fingerprint density at radius 1 is 1.20 bits per heavy atom. The van der Waals surface area contributed by atoms with Gasteiger partial charge in [-0.2, -0.15) is 8.42 Å². The molecule has 1 aromatic rings. The fourth-order valence-electron chi connectivity index (χ4n) is 1.84. The van der Waals surface area contributed by atoms with E-state index in [0.29, 0.717) is 6.42 Å². The van der Waals surface area contributed by atoms with Crippen LogP contribution in [-0.4, -0.2) is 27.4 Å². The molecule has 1 atom stereocenters. The third-order valence-electron chi connectivity index (χ3n) is 3.07. The fourth-order valence-corrected chi connectivity index (χ4v) is 2.24. The van der Waals surface area contributed by atoms with E-state index >= 15 is 0 Å². The van der Waals surface area contributed by atoms with Crippen LogP contribution < -0.4 is 4.74 Å². The first-order valence-electron chi connectivity index (χ1n) is 6.77. The SMILES string of the molecule is Cc1ccc(C)c(OC(CCOS(C)(=O)=O)C(C)C)c1. The third kappa shape index (κ3) is 5.92. The highest BCUT2D eigenvalue weighted by atomic mass is 32.2. The number of ether oxygens (including phenoxy) is 1. The van der Waals surface area contributed by atoms with Gasteiger partial charge in [0.15, 0.2) is 0 Å². The van der Waals surface area contributed by atoms with E-state index in [1.807, 2.05) is 32.0 Å². The number of rotatable bonds is 7. The molecule has 0 amide bonds. The average molecular weight is 300 g/mol. The number of benzene rings is 1. The van der Waals surface area contributed by atoms with Gasteiger partial charge < -0.3 is 4.74 Å². The van der Waals surface area contributed by atoms with Crippen molar-refractivity contribution in [3.05, 3.63) is 29.3 Å². The molecule has 1 unspecified atom stereocenters. The van der Waals surface area contributed by atoms with Crippen molar-refractivity contribution in [3.63, 3.8) is 0 Å². The van der Waals surface area contributed by atoms with Crippen LogP contribution in [0.1, 0.15) is 31.4 Å². The van der Waals surface area contributed by atoms with Gasteiger partial charge in [-0.1, -0.05) is 26.0 Å². The van der Waals surface area contributed by atoms with Crippen LogP contribution in [0.25, 0.3) is 0 Å². The van der Waals surface area contributed by atoms with Crippen molar-refractivity contribution in [2.24, 2.45) is 5.92 Å². The van der Waals surface area contributed by atoms with Crippen molar-refractivity contribution in [1.82, 2.24) is 0 Å².